The van der Waals surface area contributed by atoms with Gasteiger partial charge in [0.25, 0.3) is 0 Å². The van der Waals surface area contributed by atoms with Crippen molar-refractivity contribution in [3.05, 3.63) is 63.8 Å². The first kappa shape index (κ1) is 29.9. The lowest BCUT2D eigenvalue weighted by Gasteiger charge is -2.41. The van der Waals surface area contributed by atoms with E-state index in [2.05, 4.69) is 51.6 Å². The molecule has 43 heavy (non-hydrogen) atoms. The monoisotopic (exact) mass is 604 g/mol. The summed E-state index contributed by atoms with van der Waals surface area (Å²) in [7, 11) is 0. The molecule has 8 nitrogen and oxygen atoms in total. The molecule has 0 radical (unpaired) electrons. The second-order valence-electron chi connectivity index (χ2n) is 12.9. The highest BCUT2D eigenvalue weighted by Crippen LogP contribution is 2.33. The zero-order chi connectivity index (χ0) is 29.9. The Bertz CT molecular complexity index is 1430. The summed E-state index contributed by atoms with van der Waals surface area (Å²) in [5.41, 5.74) is 5.44. The predicted octanol–water partition coefficient (Wildman–Crippen LogP) is 5.81. The van der Waals surface area contributed by atoms with Gasteiger partial charge < -0.3 is 20.0 Å². The molecule has 3 aliphatic rings. The van der Waals surface area contributed by atoms with Crippen LogP contribution >= 0.6 is 11.6 Å². The Labute approximate surface area is 260 Å². The molecule has 0 aliphatic carbocycles. The summed E-state index contributed by atoms with van der Waals surface area (Å²) in [4.78, 5) is 34.2. The second-order valence-corrected chi connectivity index (χ2v) is 13.3. The van der Waals surface area contributed by atoms with E-state index in [-0.39, 0.29) is 11.9 Å². The molecule has 1 atom stereocenters. The van der Waals surface area contributed by atoms with Crippen molar-refractivity contribution in [1.82, 2.24) is 30.2 Å². The summed E-state index contributed by atoms with van der Waals surface area (Å²) in [6, 6.07) is 10.2. The van der Waals surface area contributed by atoms with E-state index in [9.17, 15) is 9.59 Å². The highest BCUT2D eigenvalue weighted by molar-refractivity contribution is 6.31. The predicted molar refractivity (Wildman–Crippen MR) is 172 cm³/mol. The lowest BCUT2D eigenvalue weighted by Crippen LogP contribution is -2.56. The molecular formula is C34H45ClN6O2. The average molecular weight is 605 g/mol. The fourth-order valence-corrected chi connectivity index (χ4v) is 7.81. The molecule has 3 amide bonds. The maximum absolute atomic E-state index is 14.1. The molecule has 3 aliphatic heterocycles. The summed E-state index contributed by atoms with van der Waals surface area (Å²) in [5, 5.41) is 12.3. The molecular weight excluding hydrogens is 560 g/mol. The summed E-state index contributed by atoms with van der Waals surface area (Å²) in [6.45, 7) is 9.23. The molecule has 3 saturated heterocycles. The van der Waals surface area contributed by atoms with E-state index < -0.39 is 6.04 Å². The van der Waals surface area contributed by atoms with Crippen molar-refractivity contribution < 1.29 is 9.59 Å². The highest BCUT2D eigenvalue weighted by Gasteiger charge is 2.33. The molecule has 0 spiro atoms. The molecule has 6 rings (SSSR count). The minimum absolute atomic E-state index is 0.0247. The number of piperidine rings is 3. The van der Waals surface area contributed by atoms with Crippen LogP contribution in [-0.2, 0) is 11.2 Å². The second kappa shape index (κ2) is 13.3. The van der Waals surface area contributed by atoms with Crippen LogP contribution in [0, 0.1) is 13.8 Å². The number of fused-ring (bicyclic) bond motifs is 1. The van der Waals surface area contributed by atoms with Gasteiger partial charge in [0.15, 0.2) is 0 Å². The van der Waals surface area contributed by atoms with E-state index in [1.807, 2.05) is 29.0 Å². The van der Waals surface area contributed by atoms with Crippen molar-refractivity contribution in [3.8, 4) is 0 Å². The number of H-pyrrole nitrogens is 1. The van der Waals surface area contributed by atoms with E-state index in [1.165, 1.54) is 37.9 Å². The first-order valence-electron chi connectivity index (χ1n) is 16.1. The van der Waals surface area contributed by atoms with Gasteiger partial charge in [-0.2, -0.15) is 5.10 Å². The number of aromatic nitrogens is 2. The number of benzene rings is 2. The van der Waals surface area contributed by atoms with E-state index in [0.717, 1.165) is 71.4 Å². The van der Waals surface area contributed by atoms with Gasteiger partial charge in [0.05, 0.1) is 11.7 Å². The number of carbonyl (C=O) groups excluding carboxylic acids is 2. The van der Waals surface area contributed by atoms with Crippen molar-refractivity contribution >= 4 is 34.4 Å². The van der Waals surface area contributed by atoms with Crippen LogP contribution in [0.5, 0.6) is 0 Å². The number of aromatic amines is 1. The highest BCUT2D eigenvalue weighted by atomic mass is 35.5. The number of carbonyl (C=O) groups is 2. The molecule has 230 valence electrons. The maximum Gasteiger partial charge on any atom is 0.318 e. The van der Waals surface area contributed by atoms with Gasteiger partial charge in [0.1, 0.15) is 6.04 Å². The van der Waals surface area contributed by atoms with Crippen LogP contribution in [0.15, 0.2) is 36.5 Å². The van der Waals surface area contributed by atoms with Gasteiger partial charge in [0.2, 0.25) is 5.91 Å². The Morgan fingerprint density at radius 3 is 2.40 bits per heavy atom. The molecule has 9 heteroatoms. The van der Waals surface area contributed by atoms with Gasteiger partial charge >= 0.3 is 6.03 Å². The number of nitrogens with zero attached hydrogens (tertiary/aromatic N) is 4. The summed E-state index contributed by atoms with van der Waals surface area (Å²) in [6.07, 6.45) is 9.88. The number of likely N-dealkylation sites (tertiary alicyclic amines) is 3. The Morgan fingerprint density at radius 2 is 1.67 bits per heavy atom. The fourth-order valence-electron chi connectivity index (χ4n) is 7.42. The Hall–Kier alpha value is -3.10. The zero-order valence-electron chi connectivity index (χ0n) is 25.6. The number of rotatable bonds is 6. The van der Waals surface area contributed by atoms with E-state index >= 15 is 0 Å². The first-order chi connectivity index (χ1) is 20.9. The number of hydrogen-bond acceptors (Lipinski definition) is 4. The van der Waals surface area contributed by atoms with Crippen molar-refractivity contribution in [2.75, 3.05) is 39.3 Å². The molecule has 2 aromatic carbocycles. The SMILES string of the molecule is Cc1ccc(C2CCN(C(=O)N[C@H](Cc3cc(C)c4[nH]ncc4c3)C(=O)N3CCC(N4CCCCC4)CC3)CC2)c(Cl)c1. The minimum Gasteiger partial charge on any atom is -0.341 e. The molecule has 1 aromatic heterocycles. The first-order valence-corrected chi connectivity index (χ1v) is 16.5. The molecule has 3 fully saturated rings. The van der Waals surface area contributed by atoms with Crippen LogP contribution in [0.25, 0.3) is 10.9 Å². The smallest absolute Gasteiger partial charge is 0.318 e. The molecule has 4 heterocycles. The van der Waals surface area contributed by atoms with E-state index in [4.69, 9.17) is 11.6 Å². The maximum atomic E-state index is 14.1. The number of aryl methyl sites for hydroxylation is 2. The average Bonchev–Trinajstić information content (AvgIpc) is 3.50. The topological polar surface area (TPSA) is 84.6 Å². The molecule has 0 unspecified atom stereocenters. The van der Waals surface area contributed by atoms with Crippen LogP contribution in [0.2, 0.25) is 5.02 Å². The number of hydrogen-bond donors (Lipinski definition) is 2. The Morgan fingerprint density at radius 1 is 0.953 bits per heavy atom. The Kier molecular flexibility index (Phi) is 9.24. The third-order valence-corrected chi connectivity index (χ3v) is 10.2. The molecule has 0 bridgehead atoms. The third-order valence-electron chi connectivity index (χ3n) is 9.90. The van der Waals surface area contributed by atoms with Gasteiger partial charge in [-0.25, -0.2) is 4.79 Å². The van der Waals surface area contributed by atoms with Gasteiger partial charge in [-0.1, -0.05) is 36.2 Å². The quantitative estimate of drug-likeness (QED) is 0.372. The van der Waals surface area contributed by atoms with Gasteiger partial charge in [-0.3, -0.25) is 9.89 Å². The lowest BCUT2D eigenvalue weighted by molar-refractivity contribution is -0.134. The van der Waals surface area contributed by atoms with Gasteiger partial charge in [0, 0.05) is 49.1 Å². The van der Waals surface area contributed by atoms with Crippen LogP contribution in [-0.4, -0.2) is 88.2 Å². The van der Waals surface area contributed by atoms with E-state index in [0.29, 0.717) is 31.5 Å². The number of nitrogens with one attached hydrogen (secondary N) is 2. The minimum atomic E-state index is -0.618. The lowest BCUT2D eigenvalue weighted by atomic mass is 9.89. The molecule has 2 N–H and O–H groups in total. The van der Waals surface area contributed by atoms with Crippen molar-refractivity contribution in [1.29, 1.82) is 0 Å². The number of halogens is 1. The number of amides is 3. The molecule has 0 saturated carbocycles. The van der Waals surface area contributed by atoms with Crippen molar-refractivity contribution in [2.24, 2.45) is 0 Å². The molecule has 3 aromatic rings. The van der Waals surface area contributed by atoms with Gasteiger partial charge in [-0.15, -0.1) is 0 Å². The third kappa shape index (κ3) is 6.86. The number of urea groups is 1. The zero-order valence-corrected chi connectivity index (χ0v) is 26.3. The van der Waals surface area contributed by atoms with Crippen molar-refractivity contribution in [3.63, 3.8) is 0 Å². The van der Waals surface area contributed by atoms with E-state index in [1.54, 1.807) is 0 Å². The van der Waals surface area contributed by atoms with Crippen molar-refractivity contribution in [2.45, 2.75) is 83.2 Å². The summed E-state index contributed by atoms with van der Waals surface area (Å²) >= 11 is 6.57. The van der Waals surface area contributed by atoms with Crippen LogP contribution in [0.1, 0.15) is 73.1 Å². The normalized spacial score (nSPS) is 20.0. The summed E-state index contributed by atoms with van der Waals surface area (Å²) < 4.78 is 0. The standard InChI is InChI=1S/C34H45ClN6O2/c1-23-6-7-29(30(35)18-23)26-8-14-41(15-9-26)34(43)37-31(21-25-19-24(2)32-27(20-25)22-36-38-32)33(42)40-16-10-28(11-17-40)39-12-4-3-5-13-39/h6-7,18-20,22,26,28,31H,3-5,8-17,21H2,1-2H3,(H,36,38)(H,37,43)/t31-/m1/s1. The largest absolute Gasteiger partial charge is 0.341 e. The Balaban J connectivity index is 1.13. The van der Waals surface area contributed by atoms with Crippen LogP contribution < -0.4 is 5.32 Å². The fraction of sp³-hybridized carbons (Fsp3) is 0.559. The van der Waals surface area contributed by atoms with Gasteiger partial charge in [-0.05, 0) is 106 Å². The summed E-state index contributed by atoms with van der Waals surface area (Å²) in [5.74, 6) is 0.358. The van der Waals surface area contributed by atoms with Crippen LogP contribution in [0.4, 0.5) is 4.79 Å². The van der Waals surface area contributed by atoms with Crippen LogP contribution in [0.3, 0.4) is 0 Å².